The number of aryl methyl sites for hydroxylation is 1. The molecule has 1 aliphatic carbocycles. The fraction of sp³-hybridized carbons (Fsp3) is 0.611. The lowest BCUT2D eigenvalue weighted by molar-refractivity contribution is -0.348. The zero-order chi connectivity index (χ0) is 21.1. The van der Waals surface area contributed by atoms with Gasteiger partial charge >= 0.3 is 18.0 Å². The largest absolute Gasteiger partial charge is 0.435 e. The van der Waals surface area contributed by atoms with Crippen molar-refractivity contribution >= 4 is 5.91 Å². The van der Waals surface area contributed by atoms with E-state index in [1.807, 2.05) is 4.90 Å². The van der Waals surface area contributed by atoms with Gasteiger partial charge in [-0.05, 0) is 43.9 Å². The van der Waals surface area contributed by atoms with Crippen molar-refractivity contribution in [2.45, 2.75) is 62.2 Å². The van der Waals surface area contributed by atoms with Crippen LogP contribution in [0.3, 0.4) is 0 Å². The summed E-state index contributed by atoms with van der Waals surface area (Å²) in [6, 6.07) is 1.81. The van der Waals surface area contributed by atoms with Crippen molar-refractivity contribution in [3.8, 4) is 0 Å². The number of carbonyl (C=O) groups is 1. The number of nitrogens with two attached hydrogens (primary N) is 1. The molecule has 1 aromatic rings. The molecule has 28 heavy (non-hydrogen) atoms. The Kier molecular flexibility index (Phi) is 4.92. The van der Waals surface area contributed by atoms with Gasteiger partial charge in [-0.25, -0.2) is 4.39 Å². The van der Waals surface area contributed by atoms with Crippen molar-refractivity contribution in [2.75, 3.05) is 6.54 Å². The van der Waals surface area contributed by atoms with Gasteiger partial charge < -0.3 is 5.73 Å². The number of alkyl halides is 7. The van der Waals surface area contributed by atoms with Crippen molar-refractivity contribution in [2.24, 2.45) is 5.73 Å². The Hall–Kier alpha value is -1.84. The van der Waals surface area contributed by atoms with Crippen molar-refractivity contribution in [3.63, 3.8) is 0 Å². The molecule has 1 aromatic carbocycles. The van der Waals surface area contributed by atoms with Gasteiger partial charge in [0.25, 0.3) is 0 Å². The molecule has 1 aliphatic heterocycles. The van der Waals surface area contributed by atoms with Crippen LogP contribution in [0.15, 0.2) is 18.2 Å². The number of halogens is 7. The molecule has 1 heterocycles. The van der Waals surface area contributed by atoms with E-state index in [1.165, 1.54) is 0 Å². The Morgan fingerprint density at radius 3 is 2.25 bits per heavy atom. The molecule has 0 aromatic heterocycles. The topological polar surface area (TPSA) is 46.3 Å². The van der Waals surface area contributed by atoms with E-state index < -0.39 is 35.5 Å². The molecular formula is C18H19F7N2O. The molecule has 2 aliphatic rings. The monoisotopic (exact) mass is 412 g/mol. The lowest BCUT2D eigenvalue weighted by Crippen LogP contribution is -2.50. The molecule has 3 rings (SSSR count). The zero-order valence-corrected chi connectivity index (χ0v) is 14.9. The number of benzene rings is 1. The first-order chi connectivity index (χ1) is 12.8. The second kappa shape index (κ2) is 6.60. The summed E-state index contributed by atoms with van der Waals surface area (Å²) in [4.78, 5) is 13.4. The molecule has 3 atom stereocenters. The first-order valence-corrected chi connectivity index (χ1v) is 8.79. The van der Waals surface area contributed by atoms with Gasteiger partial charge in [0.2, 0.25) is 5.91 Å². The van der Waals surface area contributed by atoms with Crippen LogP contribution < -0.4 is 5.73 Å². The highest BCUT2D eigenvalue weighted by Crippen LogP contribution is 2.54. The summed E-state index contributed by atoms with van der Waals surface area (Å²) in [5.74, 6) is -0.648. The summed E-state index contributed by atoms with van der Waals surface area (Å²) >= 11 is 0. The van der Waals surface area contributed by atoms with Gasteiger partial charge in [0, 0.05) is 17.5 Å². The second-order valence-corrected chi connectivity index (χ2v) is 7.38. The molecule has 0 radical (unpaired) electrons. The zero-order valence-electron chi connectivity index (χ0n) is 14.9. The van der Waals surface area contributed by atoms with E-state index in [4.69, 9.17) is 5.73 Å². The molecule has 2 unspecified atom stereocenters. The van der Waals surface area contributed by atoms with Gasteiger partial charge in [-0.15, -0.1) is 0 Å². The fourth-order valence-electron chi connectivity index (χ4n) is 4.44. The average molecular weight is 412 g/mol. The summed E-state index contributed by atoms with van der Waals surface area (Å²) in [5, 5.41) is 0. The van der Waals surface area contributed by atoms with Crippen LogP contribution in [0.5, 0.6) is 0 Å². The van der Waals surface area contributed by atoms with Crippen LogP contribution >= 0.6 is 0 Å². The Balaban J connectivity index is 1.98. The maximum Gasteiger partial charge on any atom is 0.435 e. The summed E-state index contributed by atoms with van der Waals surface area (Å²) in [6.45, 7) is 2.20. The van der Waals surface area contributed by atoms with Crippen LogP contribution in [-0.4, -0.2) is 41.8 Å². The molecule has 3 nitrogen and oxygen atoms in total. The van der Waals surface area contributed by atoms with E-state index in [0.29, 0.717) is 37.1 Å². The van der Waals surface area contributed by atoms with E-state index in [9.17, 15) is 35.5 Å². The molecule has 0 spiro atoms. The van der Waals surface area contributed by atoms with Gasteiger partial charge in [0.15, 0.2) is 0 Å². The summed E-state index contributed by atoms with van der Waals surface area (Å²) < 4.78 is 92.3. The van der Waals surface area contributed by atoms with E-state index in [0.717, 1.165) is 6.07 Å². The van der Waals surface area contributed by atoms with Crippen LogP contribution in [0.1, 0.15) is 42.4 Å². The van der Waals surface area contributed by atoms with Crippen molar-refractivity contribution in [3.05, 3.63) is 34.9 Å². The Bertz CT molecular complexity index is 760. The molecule has 1 saturated heterocycles. The van der Waals surface area contributed by atoms with Crippen molar-refractivity contribution < 1.29 is 35.5 Å². The van der Waals surface area contributed by atoms with Gasteiger partial charge in [0.05, 0.1) is 6.04 Å². The van der Waals surface area contributed by atoms with E-state index in [-0.39, 0.29) is 23.9 Å². The summed E-state index contributed by atoms with van der Waals surface area (Å²) in [6.07, 6.45) is -11.0. The van der Waals surface area contributed by atoms with Crippen molar-refractivity contribution in [1.29, 1.82) is 0 Å². The van der Waals surface area contributed by atoms with Crippen LogP contribution in [0.4, 0.5) is 30.7 Å². The quantitative estimate of drug-likeness (QED) is 0.765. The van der Waals surface area contributed by atoms with E-state index in [2.05, 4.69) is 0 Å². The minimum atomic E-state index is -6.13. The minimum Gasteiger partial charge on any atom is -0.368 e. The van der Waals surface area contributed by atoms with Gasteiger partial charge in [-0.2, -0.15) is 26.3 Å². The molecule has 0 saturated carbocycles. The standard InChI is InChI=1S/C18H19F7N2O/c1-9(15(26)28)27-7-6-13-12-4-3-11(8-10(12)2-5-14(13)27)16(19,17(20,21)22)18(23,24)25/h3-4,8-9,13-14H,2,5-7H2,1H3,(H2,26,28)/t9?,13-,14?/m0/s1. The third-order valence-electron chi connectivity index (χ3n) is 5.93. The van der Waals surface area contributed by atoms with E-state index >= 15 is 0 Å². The molecular weight excluding hydrogens is 393 g/mol. The Labute approximate surface area is 156 Å². The molecule has 156 valence electrons. The number of carbonyl (C=O) groups excluding carboxylic acids is 1. The minimum absolute atomic E-state index is 0.0822. The van der Waals surface area contributed by atoms with Crippen LogP contribution in [-0.2, 0) is 16.9 Å². The highest BCUT2D eigenvalue weighted by atomic mass is 19.4. The molecule has 1 amide bonds. The maximum atomic E-state index is 14.3. The molecule has 2 N–H and O–H groups in total. The summed E-state index contributed by atoms with van der Waals surface area (Å²) in [5.41, 5.74) is -0.647. The number of likely N-dealkylation sites (tertiary alicyclic amines) is 1. The second-order valence-electron chi connectivity index (χ2n) is 7.38. The normalized spacial score (nSPS) is 24.6. The average Bonchev–Trinajstić information content (AvgIpc) is 3.01. The lowest BCUT2D eigenvalue weighted by atomic mass is 9.77. The smallest absolute Gasteiger partial charge is 0.368 e. The fourth-order valence-corrected chi connectivity index (χ4v) is 4.44. The molecule has 0 bridgehead atoms. The molecule has 10 heteroatoms. The SMILES string of the molecule is CC(C(N)=O)N1CC[C@H]2c3ccc(C(F)(C(F)(F)F)C(F)(F)F)cc3CCC21. The number of hydrogen-bond acceptors (Lipinski definition) is 2. The summed E-state index contributed by atoms with van der Waals surface area (Å²) in [7, 11) is 0. The predicted molar refractivity (Wildman–Crippen MR) is 86.2 cm³/mol. The number of fused-ring (bicyclic) bond motifs is 3. The Morgan fingerprint density at radius 2 is 1.71 bits per heavy atom. The van der Waals surface area contributed by atoms with Gasteiger partial charge in [0.1, 0.15) is 0 Å². The first-order valence-electron chi connectivity index (χ1n) is 8.79. The van der Waals surface area contributed by atoms with E-state index in [1.54, 1.807) is 6.92 Å². The number of rotatable bonds is 3. The predicted octanol–water partition coefficient (Wildman–Crippen LogP) is 3.95. The van der Waals surface area contributed by atoms with Crippen LogP contribution in [0, 0.1) is 0 Å². The molecule has 1 fully saturated rings. The highest BCUT2D eigenvalue weighted by Gasteiger charge is 2.73. The third kappa shape index (κ3) is 3.05. The Morgan fingerprint density at radius 1 is 1.11 bits per heavy atom. The number of nitrogens with zero attached hydrogens (tertiary/aromatic N) is 1. The van der Waals surface area contributed by atoms with Crippen molar-refractivity contribution in [1.82, 2.24) is 4.90 Å². The number of primary amides is 1. The van der Waals surface area contributed by atoms with Gasteiger partial charge in [-0.3, -0.25) is 9.69 Å². The number of hydrogen-bond donors (Lipinski definition) is 1. The maximum absolute atomic E-state index is 14.3. The van der Waals surface area contributed by atoms with Crippen LogP contribution in [0.25, 0.3) is 0 Å². The lowest BCUT2D eigenvalue weighted by Gasteiger charge is -2.36. The number of amides is 1. The highest BCUT2D eigenvalue weighted by molar-refractivity contribution is 5.79. The third-order valence-corrected chi connectivity index (χ3v) is 5.93. The van der Waals surface area contributed by atoms with Gasteiger partial charge in [-0.1, -0.05) is 18.2 Å². The first kappa shape index (κ1) is 20.9. The van der Waals surface area contributed by atoms with Crippen LogP contribution in [0.2, 0.25) is 0 Å².